The van der Waals surface area contributed by atoms with Gasteiger partial charge >= 0.3 is 0 Å². The zero-order valence-electron chi connectivity index (χ0n) is 14.1. The van der Waals surface area contributed by atoms with Crippen LogP contribution in [-0.4, -0.2) is 30.3 Å². The predicted molar refractivity (Wildman–Crippen MR) is 102 cm³/mol. The van der Waals surface area contributed by atoms with E-state index in [2.05, 4.69) is 5.32 Å². The zero-order valence-corrected chi connectivity index (χ0v) is 15.6. The summed E-state index contributed by atoms with van der Waals surface area (Å²) in [7, 11) is 1.62. The van der Waals surface area contributed by atoms with Crippen LogP contribution in [0.4, 0.5) is 5.69 Å². The van der Waals surface area contributed by atoms with Crippen LogP contribution in [-0.2, 0) is 9.59 Å². The van der Waals surface area contributed by atoms with Gasteiger partial charge in [-0.25, -0.2) is 0 Å². The van der Waals surface area contributed by atoms with Gasteiger partial charge in [0.25, 0.3) is 0 Å². The van der Waals surface area contributed by atoms with Crippen molar-refractivity contribution < 1.29 is 9.59 Å². The van der Waals surface area contributed by atoms with Gasteiger partial charge in [-0.3, -0.25) is 9.59 Å². The van der Waals surface area contributed by atoms with Crippen LogP contribution in [0.25, 0.3) is 0 Å². The van der Waals surface area contributed by atoms with E-state index in [1.807, 2.05) is 37.3 Å². The Kier molecular flexibility index (Phi) is 6.85. The number of carbonyl (C=O) groups excluding carboxylic acids is 2. The van der Waals surface area contributed by atoms with Gasteiger partial charge in [0.05, 0.1) is 16.6 Å². The van der Waals surface area contributed by atoms with E-state index >= 15 is 0 Å². The minimum Gasteiger partial charge on any atom is -0.336 e. The molecule has 2 aromatic rings. The number of hydrogen-bond donors (Lipinski definition) is 1. The first-order valence-electron chi connectivity index (χ1n) is 7.90. The summed E-state index contributed by atoms with van der Waals surface area (Å²) in [6, 6.07) is 14.7. The number of carbonyl (C=O) groups is 2. The number of hydrogen-bond acceptors (Lipinski definition) is 2. The third-order valence-corrected chi connectivity index (χ3v) is 4.60. The van der Waals surface area contributed by atoms with Crippen molar-refractivity contribution >= 4 is 40.7 Å². The number of nitrogens with zero attached hydrogens (tertiary/aromatic N) is 1. The van der Waals surface area contributed by atoms with Crippen molar-refractivity contribution in [3.8, 4) is 0 Å². The Bertz CT molecular complexity index is 750. The standard InChI is InChI=1S/C19H20Cl2N2O2/c1-13(14-6-4-3-5-7-14)10-19(25)23(2)12-18(24)22-15-8-9-16(20)17(21)11-15/h3-9,11,13H,10,12H2,1-2H3,(H,22,24). The van der Waals surface area contributed by atoms with Gasteiger partial charge in [-0.15, -0.1) is 0 Å². The van der Waals surface area contributed by atoms with E-state index in [1.165, 1.54) is 4.90 Å². The van der Waals surface area contributed by atoms with Gasteiger partial charge in [-0.2, -0.15) is 0 Å². The highest BCUT2D eigenvalue weighted by Crippen LogP contribution is 2.25. The van der Waals surface area contributed by atoms with E-state index in [0.717, 1.165) is 5.56 Å². The second kappa shape index (κ2) is 8.88. The molecule has 6 heteroatoms. The van der Waals surface area contributed by atoms with E-state index < -0.39 is 0 Å². The average molecular weight is 379 g/mol. The predicted octanol–water partition coefficient (Wildman–Crippen LogP) is 4.58. The van der Waals surface area contributed by atoms with Crippen LogP contribution in [0.1, 0.15) is 24.8 Å². The molecular weight excluding hydrogens is 359 g/mol. The van der Waals surface area contributed by atoms with Crippen molar-refractivity contribution in [1.82, 2.24) is 4.90 Å². The maximum Gasteiger partial charge on any atom is 0.243 e. The normalized spacial score (nSPS) is 11.7. The first-order chi connectivity index (χ1) is 11.9. The Balaban J connectivity index is 1.87. The van der Waals surface area contributed by atoms with Gasteiger partial charge in [0.1, 0.15) is 0 Å². The fraction of sp³-hybridized carbons (Fsp3) is 0.263. The maximum atomic E-state index is 12.3. The fourth-order valence-corrected chi connectivity index (χ4v) is 2.69. The van der Waals surface area contributed by atoms with Crippen molar-refractivity contribution in [3.05, 3.63) is 64.1 Å². The molecule has 4 nitrogen and oxygen atoms in total. The fourth-order valence-electron chi connectivity index (χ4n) is 2.40. The van der Waals surface area contributed by atoms with Crippen LogP contribution in [0, 0.1) is 0 Å². The molecule has 0 fully saturated rings. The molecule has 1 unspecified atom stereocenters. The van der Waals surface area contributed by atoms with E-state index in [-0.39, 0.29) is 24.3 Å². The van der Waals surface area contributed by atoms with E-state index in [4.69, 9.17) is 23.2 Å². The molecule has 0 aliphatic rings. The molecule has 0 aliphatic heterocycles. The highest BCUT2D eigenvalue weighted by atomic mass is 35.5. The van der Waals surface area contributed by atoms with Crippen LogP contribution >= 0.6 is 23.2 Å². The second-order valence-electron chi connectivity index (χ2n) is 5.94. The van der Waals surface area contributed by atoms with E-state index in [0.29, 0.717) is 22.2 Å². The number of amides is 2. The molecule has 0 saturated heterocycles. The molecule has 25 heavy (non-hydrogen) atoms. The number of rotatable bonds is 6. The largest absolute Gasteiger partial charge is 0.336 e. The molecule has 2 rings (SSSR count). The molecule has 0 heterocycles. The van der Waals surface area contributed by atoms with Crippen LogP contribution in [0.2, 0.25) is 10.0 Å². The minimum atomic E-state index is -0.290. The number of benzene rings is 2. The third kappa shape index (κ3) is 5.76. The molecule has 0 aliphatic carbocycles. The zero-order chi connectivity index (χ0) is 18.4. The van der Waals surface area contributed by atoms with Crippen molar-refractivity contribution in [2.45, 2.75) is 19.3 Å². The summed E-state index contributed by atoms with van der Waals surface area (Å²) in [4.78, 5) is 25.8. The summed E-state index contributed by atoms with van der Waals surface area (Å²) in [5, 5.41) is 3.48. The monoisotopic (exact) mass is 378 g/mol. The van der Waals surface area contributed by atoms with Crippen molar-refractivity contribution in [2.75, 3.05) is 18.9 Å². The van der Waals surface area contributed by atoms with Gasteiger partial charge in [0.15, 0.2) is 0 Å². The molecule has 0 aromatic heterocycles. The molecule has 0 spiro atoms. The lowest BCUT2D eigenvalue weighted by Gasteiger charge is -2.19. The topological polar surface area (TPSA) is 49.4 Å². The lowest BCUT2D eigenvalue weighted by atomic mass is 9.97. The van der Waals surface area contributed by atoms with Gasteiger partial charge in [0.2, 0.25) is 11.8 Å². The smallest absolute Gasteiger partial charge is 0.243 e. The third-order valence-electron chi connectivity index (χ3n) is 3.86. The molecule has 1 N–H and O–H groups in total. The molecule has 0 saturated carbocycles. The van der Waals surface area contributed by atoms with Crippen LogP contribution < -0.4 is 5.32 Å². The van der Waals surface area contributed by atoms with Gasteiger partial charge in [0, 0.05) is 19.2 Å². The van der Waals surface area contributed by atoms with Crippen molar-refractivity contribution in [1.29, 1.82) is 0 Å². The highest BCUT2D eigenvalue weighted by Gasteiger charge is 2.17. The van der Waals surface area contributed by atoms with Gasteiger partial charge in [-0.1, -0.05) is 60.5 Å². The van der Waals surface area contributed by atoms with E-state index in [1.54, 1.807) is 25.2 Å². The first kappa shape index (κ1) is 19.3. The lowest BCUT2D eigenvalue weighted by molar-refractivity contribution is -0.133. The van der Waals surface area contributed by atoms with Crippen molar-refractivity contribution in [2.24, 2.45) is 0 Å². The Labute approximate surface area is 157 Å². The van der Waals surface area contributed by atoms with E-state index in [9.17, 15) is 9.59 Å². The molecular formula is C19H20Cl2N2O2. The lowest BCUT2D eigenvalue weighted by Crippen LogP contribution is -2.35. The summed E-state index contributed by atoms with van der Waals surface area (Å²) in [6.07, 6.45) is 0.348. The molecule has 1 atom stereocenters. The summed E-state index contributed by atoms with van der Waals surface area (Å²) in [5.41, 5.74) is 1.64. The summed E-state index contributed by atoms with van der Waals surface area (Å²) in [6.45, 7) is 1.97. The van der Waals surface area contributed by atoms with Crippen molar-refractivity contribution in [3.63, 3.8) is 0 Å². The Hall–Kier alpha value is -2.04. The SMILES string of the molecule is CC(CC(=O)N(C)CC(=O)Nc1ccc(Cl)c(Cl)c1)c1ccccc1. The van der Waals surface area contributed by atoms with Gasteiger partial charge < -0.3 is 10.2 Å². The first-order valence-corrected chi connectivity index (χ1v) is 8.66. The second-order valence-corrected chi connectivity index (χ2v) is 6.76. The Morgan fingerprint density at radius 1 is 1.08 bits per heavy atom. The molecule has 0 bridgehead atoms. The number of likely N-dealkylation sites (N-methyl/N-ethyl adjacent to an activating group) is 1. The molecule has 132 valence electrons. The summed E-state index contributed by atoms with van der Waals surface area (Å²) < 4.78 is 0. The molecule has 2 amide bonds. The maximum absolute atomic E-state index is 12.3. The number of halogens is 2. The Morgan fingerprint density at radius 3 is 2.40 bits per heavy atom. The Morgan fingerprint density at radius 2 is 1.76 bits per heavy atom. The number of anilines is 1. The van der Waals surface area contributed by atoms with Crippen LogP contribution in [0.3, 0.4) is 0 Å². The minimum absolute atomic E-state index is 0.0272. The number of nitrogens with one attached hydrogen (secondary N) is 1. The molecule has 0 radical (unpaired) electrons. The van der Waals surface area contributed by atoms with Gasteiger partial charge in [-0.05, 0) is 29.7 Å². The average Bonchev–Trinajstić information content (AvgIpc) is 2.58. The van der Waals surface area contributed by atoms with Crippen LogP contribution in [0.15, 0.2) is 48.5 Å². The summed E-state index contributed by atoms with van der Waals surface area (Å²) in [5.74, 6) is -0.281. The quantitative estimate of drug-likeness (QED) is 0.799. The highest BCUT2D eigenvalue weighted by molar-refractivity contribution is 6.42. The van der Waals surface area contributed by atoms with Crippen LogP contribution in [0.5, 0.6) is 0 Å². The molecule has 2 aromatic carbocycles. The summed E-state index contributed by atoms with van der Waals surface area (Å²) >= 11 is 11.8.